The van der Waals surface area contributed by atoms with Gasteiger partial charge in [0, 0.05) is 31.5 Å². The summed E-state index contributed by atoms with van der Waals surface area (Å²) in [5.74, 6) is 0.797. The lowest BCUT2D eigenvalue weighted by molar-refractivity contribution is -0.125. The Morgan fingerprint density at radius 3 is 2.26 bits per heavy atom. The highest BCUT2D eigenvalue weighted by atomic mass is 16.2. The minimum Gasteiger partial charge on any atom is -0.339 e. The number of benzene rings is 1. The molecule has 0 aliphatic carbocycles. The third kappa shape index (κ3) is 3.91. The van der Waals surface area contributed by atoms with Gasteiger partial charge >= 0.3 is 0 Å². The van der Waals surface area contributed by atoms with Crippen molar-refractivity contribution in [2.24, 2.45) is 0 Å². The lowest BCUT2D eigenvalue weighted by Gasteiger charge is -2.06. The first kappa shape index (κ1) is 13.8. The summed E-state index contributed by atoms with van der Waals surface area (Å²) in [7, 11) is 0. The Bertz CT molecular complexity index is 458. The van der Waals surface area contributed by atoms with E-state index in [0.717, 1.165) is 18.7 Å². The minimum atomic E-state index is 0.133. The maximum Gasteiger partial charge on any atom is 0.222 e. The van der Waals surface area contributed by atoms with Gasteiger partial charge in [-0.15, -0.1) is 0 Å². The molecule has 3 heteroatoms. The largest absolute Gasteiger partial charge is 0.339 e. The van der Waals surface area contributed by atoms with Crippen LogP contribution in [-0.2, 0) is 4.79 Å². The van der Waals surface area contributed by atoms with Crippen molar-refractivity contribution in [1.82, 2.24) is 4.90 Å². The maximum atomic E-state index is 12.0. The normalized spacial score (nSPS) is 13.7. The van der Waals surface area contributed by atoms with Gasteiger partial charge in [0.2, 0.25) is 5.91 Å². The first-order valence-electron chi connectivity index (χ1n) is 6.99. The number of nitrogens with zero attached hydrogens (tertiary/aromatic N) is 1. The topological polar surface area (TPSA) is 37.1 Å². The first-order valence-corrected chi connectivity index (χ1v) is 6.99. The van der Waals surface area contributed by atoms with Crippen LogP contribution in [0, 0.1) is 0 Å². The Kier molecular flexibility index (Phi) is 4.35. The molecule has 1 heterocycles. The van der Waals surface area contributed by atoms with Crippen LogP contribution in [0.5, 0.6) is 0 Å². The minimum absolute atomic E-state index is 0.133. The molecule has 0 bridgehead atoms. The van der Waals surface area contributed by atoms with Gasteiger partial charge < -0.3 is 4.90 Å². The summed E-state index contributed by atoms with van der Waals surface area (Å²) in [4.78, 5) is 25.2. The Morgan fingerprint density at radius 2 is 1.74 bits per heavy atom. The van der Waals surface area contributed by atoms with E-state index < -0.39 is 0 Å². The molecule has 0 saturated carbocycles. The summed E-state index contributed by atoms with van der Waals surface area (Å²) in [6.07, 6.45) is 1.61. The summed E-state index contributed by atoms with van der Waals surface area (Å²) in [5, 5.41) is 0. The molecule has 1 aliphatic rings. The predicted octanol–water partition coefficient (Wildman–Crippen LogP) is 3.01. The summed E-state index contributed by atoms with van der Waals surface area (Å²) >= 11 is 0. The van der Waals surface area contributed by atoms with Crippen molar-refractivity contribution in [3.8, 4) is 0 Å². The lowest BCUT2D eigenvalue weighted by atomic mass is 9.99. The van der Waals surface area contributed by atoms with Crippen LogP contribution in [0.4, 0.5) is 0 Å². The molecule has 1 aliphatic heterocycles. The fourth-order valence-electron chi connectivity index (χ4n) is 2.06. The molecule has 0 unspecified atom stereocenters. The highest BCUT2D eigenvalue weighted by molar-refractivity contribution is 5.96. The number of rotatable bonds is 6. The molecule has 1 aromatic carbocycles. The molecular formula is C16H21NO2. The average Bonchev–Trinajstić information content (AvgIpc) is 3.23. The molecule has 0 N–H and O–H groups in total. The van der Waals surface area contributed by atoms with E-state index in [1.54, 1.807) is 0 Å². The van der Waals surface area contributed by atoms with Crippen LogP contribution in [0.25, 0.3) is 0 Å². The van der Waals surface area contributed by atoms with E-state index in [-0.39, 0.29) is 11.7 Å². The van der Waals surface area contributed by atoms with E-state index in [1.807, 2.05) is 29.2 Å². The van der Waals surface area contributed by atoms with Gasteiger partial charge in [-0.3, -0.25) is 9.59 Å². The van der Waals surface area contributed by atoms with Crippen molar-refractivity contribution in [2.75, 3.05) is 13.1 Å². The Morgan fingerprint density at radius 1 is 1.11 bits per heavy atom. The fourth-order valence-corrected chi connectivity index (χ4v) is 2.06. The van der Waals surface area contributed by atoms with E-state index >= 15 is 0 Å². The Hall–Kier alpha value is -1.64. The number of carbonyl (C=O) groups excluding carboxylic acids is 2. The SMILES string of the molecule is CC(C)c1ccc(C(=O)CCCC(=O)N2CC2)cc1. The second-order valence-corrected chi connectivity index (χ2v) is 5.43. The quantitative estimate of drug-likeness (QED) is 0.581. The Labute approximate surface area is 114 Å². The summed E-state index contributed by atoms with van der Waals surface area (Å²) in [6, 6.07) is 7.81. The van der Waals surface area contributed by atoms with E-state index in [2.05, 4.69) is 13.8 Å². The van der Waals surface area contributed by atoms with Crippen LogP contribution in [0.3, 0.4) is 0 Å². The third-order valence-corrected chi connectivity index (χ3v) is 3.49. The van der Waals surface area contributed by atoms with Gasteiger partial charge in [-0.05, 0) is 17.9 Å². The molecule has 0 spiro atoms. The van der Waals surface area contributed by atoms with Gasteiger partial charge in [-0.25, -0.2) is 0 Å². The van der Waals surface area contributed by atoms with Crippen molar-refractivity contribution >= 4 is 11.7 Å². The van der Waals surface area contributed by atoms with Crippen LogP contribution in [0.15, 0.2) is 24.3 Å². The third-order valence-electron chi connectivity index (χ3n) is 3.49. The molecule has 1 amide bonds. The summed E-state index contributed by atoms with van der Waals surface area (Å²) in [6.45, 7) is 6.05. The molecule has 0 atom stereocenters. The molecule has 1 saturated heterocycles. The second kappa shape index (κ2) is 6.00. The highest BCUT2D eigenvalue weighted by Crippen LogP contribution is 2.16. The molecule has 1 aromatic rings. The van der Waals surface area contributed by atoms with Crippen LogP contribution in [0.2, 0.25) is 0 Å². The van der Waals surface area contributed by atoms with Gasteiger partial charge in [-0.2, -0.15) is 0 Å². The number of Topliss-reactive ketones (excluding diaryl/α,β-unsaturated/α-hetero) is 1. The fraction of sp³-hybridized carbons (Fsp3) is 0.500. The monoisotopic (exact) mass is 259 g/mol. The lowest BCUT2D eigenvalue weighted by Crippen LogP contribution is -2.10. The van der Waals surface area contributed by atoms with Gasteiger partial charge in [0.15, 0.2) is 5.78 Å². The predicted molar refractivity (Wildman–Crippen MR) is 75.3 cm³/mol. The summed E-state index contributed by atoms with van der Waals surface area (Å²) in [5.41, 5.74) is 2.00. The summed E-state index contributed by atoms with van der Waals surface area (Å²) < 4.78 is 0. The molecular weight excluding hydrogens is 238 g/mol. The van der Waals surface area contributed by atoms with E-state index in [4.69, 9.17) is 0 Å². The van der Waals surface area contributed by atoms with Crippen LogP contribution < -0.4 is 0 Å². The van der Waals surface area contributed by atoms with Gasteiger partial charge in [-0.1, -0.05) is 38.1 Å². The maximum absolute atomic E-state index is 12.0. The zero-order chi connectivity index (χ0) is 13.8. The van der Waals surface area contributed by atoms with Crippen molar-refractivity contribution in [2.45, 2.75) is 39.0 Å². The second-order valence-electron chi connectivity index (χ2n) is 5.43. The van der Waals surface area contributed by atoms with Gasteiger partial charge in [0.05, 0.1) is 0 Å². The van der Waals surface area contributed by atoms with Crippen molar-refractivity contribution < 1.29 is 9.59 Å². The van der Waals surface area contributed by atoms with Crippen LogP contribution >= 0.6 is 0 Å². The molecule has 2 rings (SSSR count). The number of amides is 1. The van der Waals surface area contributed by atoms with Crippen molar-refractivity contribution in [1.29, 1.82) is 0 Å². The van der Waals surface area contributed by atoms with E-state index in [9.17, 15) is 9.59 Å². The average molecular weight is 259 g/mol. The Balaban J connectivity index is 1.80. The van der Waals surface area contributed by atoms with Crippen LogP contribution in [0.1, 0.15) is 54.9 Å². The first-order chi connectivity index (χ1) is 9.08. The number of ketones is 1. The van der Waals surface area contributed by atoms with Gasteiger partial charge in [0.1, 0.15) is 0 Å². The van der Waals surface area contributed by atoms with Gasteiger partial charge in [0.25, 0.3) is 0 Å². The zero-order valence-corrected chi connectivity index (χ0v) is 11.7. The molecule has 102 valence electrons. The molecule has 19 heavy (non-hydrogen) atoms. The van der Waals surface area contributed by atoms with Crippen molar-refractivity contribution in [3.63, 3.8) is 0 Å². The highest BCUT2D eigenvalue weighted by Gasteiger charge is 2.23. The molecule has 1 fully saturated rings. The van der Waals surface area contributed by atoms with Crippen LogP contribution in [-0.4, -0.2) is 29.7 Å². The number of carbonyl (C=O) groups is 2. The van der Waals surface area contributed by atoms with E-state index in [0.29, 0.717) is 25.2 Å². The molecule has 0 aromatic heterocycles. The van der Waals surface area contributed by atoms with E-state index in [1.165, 1.54) is 5.56 Å². The number of hydrogen-bond donors (Lipinski definition) is 0. The molecule has 0 radical (unpaired) electrons. The zero-order valence-electron chi connectivity index (χ0n) is 11.7. The standard InChI is InChI=1S/C16H21NO2/c1-12(2)13-6-8-14(9-7-13)15(18)4-3-5-16(19)17-10-11-17/h6-9,12H,3-5,10-11H2,1-2H3. The number of hydrogen-bond acceptors (Lipinski definition) is 2. The van der Waals surface area contributed by atoms with Crippen molar-refractivity contribution in [3.05, 3.63) is 35.4 Å². The molecule has 3 nitrogen and oxygen atoms in total. The smallest absolute Gasteiger partial charge is 0.222 e.